The molecule has 1 fully saturated rings. The number of hydrogen-bond donors (Lipinski definition) is 2. The van der Waals surface area contributed by atoms with Crippen molar-refractivity contribution in [3.05, 3.63) is 33.9 Å². The number of H-pyrrole nitrogens is 1. The van der Waals surface area contributed by atoms with Gasteiger partial charge >= 0.3 is 7.12 Å². The molecular formula is C13H19BN2O3S. The van der Waals surface area contributed by atoms with E-state index in [1.54, 1.807) is 6.08 Å². The first-order valence-electron chi connectivity index (χ1n) is 6.46. The molecule has 2 rings (SSSR count). The summed E-state index contributed by atoms with van der Waals surface area (Å²) < 4.78 is 11.9. The zero-order valence-electron chi connectivity index (χ0n) is 12.1. The van der Waals surface area contributed by atoms with Crippen LogP contribution in [-0.2, 0) is 9.31 Å². The topological polar surface area (TPSA) is 64.2 Å². The van der Waals surface area contributed by atoms with E-state index in [2.05, 4.69) is 22.6 Å². The minimum atomic E-state index is -0.503. The molecule has 1 N–H and O–H groups in total. The summed E-state index contributed by atoms with van der Waals surface area (Å²) in [6.45, 7) is 7.94. The summed E-state index contributed by atoms with van der Waals surface area (Å²) in [5.41, 5.74) is 0.231. The van der Waals surface area contributed by atoms with Crippen LogP contribution in [0, 0.1) is 0 Å². The van der Waals surface area contributed by atoms with Crippen molar-refractivity contribution in [3.8, 4) is 0 Å². The number of aromatic amines is 1. The van der Waals surface area contributed by atoms with Crippen LogP contribution >= 0.6 is 12.6 Å². The minimum Gasteiger partial charge on any atom is -0.400 e. The molecule has 0 atom stereocenters. The number of aromatic nitrogens is 2. The SMILES string of the molecule is CC1(C)OB(C(=Cc2cnc[nH]c2=O)CS)OC1(C)C. The lowest BCUT2D eigenvalue weighted by Crippen LogP contribution is -2.41. The van der Waals surface area contributed by atoms with Gasteiger partial charge in [0, 0.05) is 11.9 Å². The van der Waals surface area contributed by atoms with Crippen molar-refractivity contribution in [2.75, 3.05) is 5.75 Å². The summed E-state index contributed by atoms with van der Waals surface area (Å²) in [5.74, 6) is 0.436. The van der Waals surface area contributed by atoms with E-state index >= 15 is 0 Å². The molecule has 2 heterocycles. The van der Waals surface area contributed by atoms with Crippen molar-refractivity contribution in [2.24, 2.45) is 0 Å². The average Bonchev–Trinajstić information content (AvgIpc) is 2.57. The fourth-order valence-electron chi connectivity index (χ4n) is 1.84. The van der Waals surface area contributed by atoms with Gasteiger partial charge in [-0.25, -0.2) is 4.98 Å². The maximum absolute atomic E-state index is 11.7. The molecule has 5 nitrogen and oxygen atoms in total. The van der Waals surface area contributed by atoms with Gasteiger partial charge in [-0.15, -0.1) is 0 Å². The molecule has 7 heteroatoms. The van der Waals surface area contributed by atoms with Gasteiger partial charge in [-0.3, -0.25) is 4.79 Å². The normalized spacial score (nSPS) is 21.2. The van der Waals surface area contributed by atoms with E-state index < -0.39 is 18.3 Å². The van der Waals surface area contributed by atoms with Crippen LogP contribution in [0.15, 0.2) is 22.8 Å². The molecular weight excluding hydrogens is 275 g/mol. The fourth-order valence-corrected chi connectivity index (χ4v) is 2.08. The predicted octanol–water partition coefficient (Wildman–Crippen LogP) is 1.71. The first kappa shape index (κ1) is 15.3. The van der Waals surface area contributed by atoms with Gasteiger partial charge in [0.2, 0.25) is 0 Å². The second-order valence-corrected chi connectivity index (χ2v) is 6.12. The van der Waals surface area contributed by atoms with E-state index in [9.17, 15) is 4.79 Å². The van der Waals surface area contributed by atoms with E-state index in [0.29, 0.717) is 11.3 Å². The van der Waals surface area contributed by atoms with Crippen molar-refractivity contribution in [1.82, 2.24) is 9.97 Å². The Morgan fingerprint density at radius 2 is 2.00 bits per heavy atom. The number of nitrogens with one attached hydrogen (secondary N) is 1. The molecule has 0 aromatic carbocycles. The summed E-state index contributed by atoms with van der Waals surface area (Å²) in [4.78, 5) is 18.1. The maximum atomic E-state index is 11.7. The van der Waals surface area contributed by atoms with Crippen molar-refractivity contribution in [2.45, 2.75) is 38.9 Å². The van der Waals surface area contributed by atoms with Crippen LogP contribution in [0.1, 0.15) is 33.3 Å². The van der Waals surface area contributed by atoms with Crippen LogP contribution in [0.2, 0.25) is 0 Å². The Balaban J connectivity index is 2.32. The van der Waals surface area contributed by atoms with Gasteiger partial charge in [0.1, 0.15) is 0 Å². The molecule has 1 saturated heterocycles. The third-order valence-corrected chi connectivity index (χ3v) is 4.19. The molecule has 0 amide bonds. The second-order valence-electron chi connectivity index (χ2n) is 5.80. The minimum absolute atomic E-state index is 0.198. The van der Waals surface area contributed by atoms with Gasteiger partial charge < -0.3 is 14.3 Å². The third-order valence-electron chi connectivity index (χ3n) is 3.83. The highest BCUT2D eigenvalue weighted by Gasteiger charge is 2.52. The third kappa shape index (κ3) is 2.84. The second kappa shape index (κ2) is 5.39. The van der Waals surface area contributed by atoms with Crippen LogP contribution in [0.4, 0.5) is 0 Å². The van der Waals surface area contributed by atoms with Gasteiger partial charge in [0.15, 0.2) is 0 Å². The lowest BCUT2D eigenvalue weighted by Gasteiger charge is -2.32. The van der Waals surface area contributed by atoms with E-state index in [4.69, 9.17) is 9.31 Å². The van der Waals surface area contributed by atoms with Crippen LogP contribution in [-0.4, -0.2) is 34.0 Å². The monoisotopic (exact) mass is 294 g/mol. The summed E-state index contributed by atoms with van der Waals surface area (Å²) >= 11 is 4.31. The molecule has 1 aliphatic rings. The molecule has 108 valence electrons. The summed E-state index contributed by atoms with van der Waals surface area (Å²) in [6.07, 6.45) is 4.59. The molecule has 0 aliphatic carbocycles. The Kier molecular flexibility index (Phi) is 4.13. The Morgan fingerprint density at radius 3 is 2.50 bits per heavy atom. The van der Waals surface area contributed by atoms with E-state index in [1.165, 1.54) is 12.5 Å². The Morgan fingerprint density at radius 1 is 1.40 bits per heavy atom. The predicted molar refractivity (Wildman–Crippen MR) is 82.8 cm³/mol. The zero-order valence-corrected chi connectivity index (χ0v) is 13.0. The smallest absolute Gasteiger partial charge is 0.400 e. The van der Waals surface area contributed by atoms with E-state index in [-0.39, 0.29) is 5.56 Å². The van der Waals surface area contributed by atoms with Crippen LogP contribution < -0.4 is 5.56 Å². The lowest BCUT2D eigenvalue weighted by atomic mass is 9.78. The van der Waals surface area contributed by atoms with Crippen LogP contribution in [0.3, 0.4) is 0 Å². The molecule has 0 unspecified atom stereocenters. The number of nitrogens with zero attached hydrogens (tertiary/aromatic N) is 1. The molecule has 1 aliphatic heterocycles. The van der Waals surface area contributed by atoms with Crippen molar-refractivity contribution in [3.63, 3.8) is 0 Å². The number of rotatable bonds is 3. The molecule has 0 bridgehead atoms. The van der Waals surface area contributed by atoms with Crippen LogP contribution in [0.5, 0.6) is 0 Å². The molecule has 0 spiro atoms. The highest BCUT2D eigenvalue weighted by atomic mass is 32.1. The van der Waals surface area contributed by atoms with Gasteiger partial charge in [-0.1, -0.05) is 6.08 Å². The van der Waals surface area contributed by atoms with Gasteiger partial charge in [0.05, 0.1) is 23.1 Å². The van der Waals surface area contributed by atoms with E-state index in [0.717, 1.165) is 5.47 Å². The molecule has 20 heavy (non-hydrogen) atoms. The summed E-state index contributed by atoms with van der Waals surface area (Å²) in [5, 5.41) is 0. The highest BCUT2D eigenvalue weighted by Crippen LogP contribution is 2.38. The standard InChI is InChI=1S/C13H19BN2O3S/c1-12(2)13(3,4)19-14(18-12)10(7-20)5-9-6-15-8-16-11(9)17/h5-6,8,20H,7H2,1-4H3,(H,15,16,17). The fraction of sp³-hybridized carbons (Fsp3) is 0.538. The average molecular weight is 294 g/mol. The Bertz CT molecular complexity index is 567. The quantitative estimate of drug-likeness (QED) is 0.658. The number of thiol groups is 1. The van der Waals surface area contributed by atoms with Crippen molar-refractivity contribution in [1.29, 1.82) is 0 Å². The van der Waals surface area contributed by atoms with Gasteiger partial charge in [-0.05, 0) is 33.2 Å². The van der Waals surface area contributed by atoms with E-state index in [1.807, 2.05) is 27.7 Å². The molecule has 1 aromatic rings. The molecule has 1 aromatic heterocycles. The molecule has 0 radical (unpaired) electrons. The first-order chi connectivity index (χ1) is 9.27. The van der Waals surface area contributed by atoms with Gasteiger partial charge in [0.25, 0.3) is 5.56 Å². The maximum Gasteiger partial charge on any atom is 0.491 e. The highest BCUT2D eigenvalue weighted by molar-refractivity contribution is 7.80. The van der Waals surface area contributed by atoms with Crippen molar-refractivity contribution < 1.29 is 9.31 Å². The molecule has 0 saturated carbocycles. The Hall–Kier alpha value is -1.05. The van der Waals surface area contributed by atoms with Crippen LogP contribution in [0.25, 0.3) is 6.08 Å². The lowest BCUT2D eigenvalue weighted by molar-refractivity contribution is 0.00578. The van der Waals surface area contributed by atoms with Gasteiger partial charge in [-0.2, -0.15) is 12.6 Å². The van der Waals surface area contributed by atoms with Crippen molar-refractivity contribution >= 4 is 25.8 Å². The summed E-state index contributed by atoms with van der Waals surface area (Å²) in [6, 6.07) is 0. The Labute approximate surface area is 124 Å². The summed E-state index contributed by atoms with van der Waals surface area (Å²) in [7, 11) is -0.503. The number of hydrogen-bond acceptors (Lipinski definition) is 5. The largest absolute Gasteiger partial charge is 0.491 e. The first-order valence-corrected chi connectivity index (χ1v) is 7.10. The zero-order chi connectivity index (χ0) is 15.0.